The van der Waals surface area contributed by atoms with Crippen LogP contribution in [0.4, 0.5) is 0 Å². The summed E-state index contributed by atoms with van der Waals surface area (Å²) in [5.41, 5.74) is -0.528. The zero-order valence-electron chi connectivity index (χ0n) is 13.7. The minimum absolute atomic E-state index is 0.0862. The van der Waals surface area contributed by atoms with Crippen LogP contribution in [0.1, 0.15) is 32.6 Å². The molecule has 2 aliphatic heterocycles. The van der Waals surface area contributed by atoms with Gasteiger partial charge in [0.15, 0.2) is 0 Å². The maximum atomic E-state index is 12.8. The van der Waals surface area contributed by atoms with Gasteiger partial charge in [-0.25, -0.2) is 8.42 Å². The van der Waals surface area contributed by atoms with Crippen molar-refractivity contribution in [3.05, 3.63) is 12.4 Å². The fourth-order valence-electron chi connectivity index (χ4n) is 3.66. The summed E-state index contributed by atoms with van der Waals surface area (Å²) in [6.07, 6.45) is 6.21. The number of rotatable bonds is 4. The number of nitrogens with zero attached hydrogens (tertiary/aromatic N) is 4. The minimum atomic E-state index is -3.57. The largest absolute Gasteiger partial charge is 0.345 e. The Labute approximate surface area is 137 Å². The number of likely N-dealkylation sites (tertiary alicyclic amines) is 1. The van der Waals surface area contributed by atoms with Gasteiger partial charge in [0.1, 0.15) is 4.90 Å². The van der Waals surface area contributed by atoms with Crippen molar-refractivity contribution in [2.45, 2.75) is 44.0 Å². The van der Waals surface area contributed by atoms with Gasteiger partial charge in [-0.3, -0.25) is 9.48 Å². The van der Waals surface area contributed by atoms with Crippen LogP contribution in [-0.2, 0) is 21.4 Å². The lowest BCUT2D eigenvalue weighted by Crippen LogP contribution is -2.48. The van der Waals surface area contributed by atoms with E-state index in [0.29, 0.717) is 19.5 Å². The summed E-state index contributed by atoms with van der Waals surface area (Å²) >= 11 is 0. The van der Waals surface area contributed by atoms with Crippen LogP contribution in [-0.4, -0.2) is 60.0 Å². The van der Waals surface area contributed by atoms with Crippen LogP contribution in [0.3, 0.4) is 0 Å². The van der Waals surface area contributed by atoms with E-state index in [1.54, 1.807) is 22.8 Å². The molecule has 0 bridgehead atoms. The zero-order chi connectivity index (χ0) is 16.7. The molecular weight excluding hydrogens is 316 g/mol. The summed E-state index contributed by atoms with van der Waals surface area (Å²) < 4.78 is 28.7. The number of hydrogen-bond acceptors (Lipinski definition) is 4. The first-order valence-corrected chi connectivity index (χ1v) is 9.61. The minimum Gasteiger partial charge on any atom is -0.345 e. The molecule has 0 unspecified atom stereocenters. The van der Waals surface area contributed by atoms with E-state index in [0.717, 1.165) is 25.8 Å². The standard InChI is InChI=1S/C15H24N4O3S/c1-3-7-18-11-13(10-16-18)23(21,22)19-9-6-15(12-19)5-4-8-17(2)14(15)20/h10-11H,3-9,12H2,1-2H3/t15-/m0/s1. The molecule has 0 radical (unpaired) electrons. The third-order valence-electron chi connectivity index (χ3n) is 4.97. The quantitative estimate of drug-likeness (QED) is 0.817. The molecule has 0 N–H and O–H groups in total. The summed E-state index contributed by atoms with van der Waals surface area (Å²) in [5, 5.41) is 4.11. The Bertz CT molecular complexity index is 699. The molecule has 3 rings (SSSR count). The molecule has 2 aliphatic rings. The third kappa shape index (κ3) is 2.78. The molecule has 2 saturated heterocycles. The maximum Gasteiger partial charge on any atom is 0.246 e. The number of sulfonamides is 1. The van der Waals surface area contributed by atoms with Crippen molar-refractivity contribution >= 4 is 15.9 Å². The molecule has 1 atom stereocenters. The molecule has 7 nitrogen and oxygen atoms in total. The van der Waals surface area contributed by atoms with Crippen LogP contribution in [0.5, 0.6) is 0 Å². The van der Waals surface area contributed by atoms with Crippen molar-refractivity contribution < 1.29 is 13.2 Å². The van der Waals surface area contributed by atoms with E-state index in [1.165, 1.54) is 10.5 Å². The lowest BCUT2D eigenvalue weighted by Gasteiger charge is -2.37. The van der Waals surface area contributed by atoms with Gasteiger partial charge >= 0.3 is 0 Å². The van der Waals surface area contributed by atoms with Gasteiger partial charge in [-0.1, -0.05) is 6.92 Å². The van der Waals surface area contributed by atoms with Crippen molar-refractivity contribution in [3.63, 3.8) is 0 Å². The fourth-order valence-corrected chi connectivity index (χ4v) is 5.15. The monoisotopic (exact) mass is 340 g/mol. The van der Waals surface area contributed by atoms with Crippen LogP contribution >= 0.6 is 0 Å². The highest BCUT2D eigenvalue weighted by atomic mass is 32.2. The number of hydrogen-bond donors (Lipinski definition) is 0. The second-order valence-corrected chi connectivity index (χ2v) is 8.58. The summed E-state index contributed by atoms with van der Waals surface area (Å²) in [6, 6.07) is 0. The first kappa shape index (κ1) is 16.4. The predicted molar refractivity (Wildman–Crippen MR) is 85.2 cm³/mol. The molecule has 1 aromatic heterocycles. The average Bonchev–Trinajstić information content (AvgIpc) is 3.14. The van der Waals surface area contributed by atoms with Crippen molar-refractivity contribution in [1.82, 2.24) is 19.0 Å². The van der Waals surface area contributed by atoms with Crippen LogP contribution in [0.15, 0.2) is 17.3 Å². The Kier molecular flexibility index (Phi) is 4.22. The van der Waals surface area contributed by atoms with Crippen molar-refractivity contribution in [1.29, 1.82) is 0 Å². The fraction of sp³-hybridized carbons (Fsp3) is 0.733. The Hall–Kier alpha value is -1.41. The number of amides is 1. The Morgan fingerprint density at radius 3 is 2.83 bits per heavy atom. The predicted octanol–water partition coefficient (Wildman–Crippen LogP) is 0.926. The molecule has 0 saturated carbocycles. The first-order chi connectivity index (χ1) is 10.9. The van der Waals surface area contributed by atoms with Crippen LogP contribution in [0, 0.1) is 5.41 Å². The molecule has 2 fully saturated rings. The molecule has 8 heteroatoms. The zero-order valence-corrected chi connectivity index (χ0v) is 14.5. The number of carbonyl (C=O) groups excluding carboxylic acids is 1. The van der Waals surface area contributed by atoms with E-state index in [9.17, 15) is 13.2 Å². The van der Waals surface area contributed by atoms with E-state index in [2.05, 4.69) is 5.10 Å². The topological polar surface area (TPSA) is 75.5 Å². The Morgan fingerprint density at radius 1 is 1.30 bits per heavy atom. The van der Waals surface area contributed by atoms with Gasteiger partial charge in [-0.2, -0.15) is 9.40 Å². The summed E-state index contributed by atoms with van der Waals surface area (Å²) in [5.74, 6) is 0.0862. The van der Waals surface area contributed by atoms with Crippen molar-refractivity contribution in [3.8, 4) is 0 Å². The number of piperidine rings is 1. The van der Waals surface area contributed by atoms with Gasteiger partial charge in [0.2, 0.25) is 15.9 Å². The normalized spacial score (nSPS) is 26.3. The molecule has 1 amide bonds. The summed E-state index contributed by atoms with van der Waals surface area (Å²) in [7, 11) is -1.77. The second kappa shape index (κ2) is 5.90. The van der Waals surface area contributed by atoms with E-state index in [4.69, 9.17) is 0 Å². The average molecular weight is 340 g/mol. The Morgan fingerprint density at radius 2 is 2.09 bits per heavy atom. The van der Waals surface area contributed by atoms with Gasteiger partial charge in [-0.15, -0.1) is 0 Å². The van der Waals surface area contributed by atoms with Gasteiger partial charge < -0.3 is 4.90 Å². The van der Waals surface area contributed by atoms with E-state index in [-0.39, 0.29) is 17.3 Å². The van der Waals surface area contributed by atoms with Crippen molar-refractivity contribution in [2.24, 2.45) is 5.41 Å². The highest BCUT2D eigenvalue weighted by molar-refractivity contribution is 7.89. The first-order valence-electron chi connectivity index (χ1n) is 8.17. The summed E-state index contributed by atoms with van der Waals surface area (Å²) in [4.78, 5) is 14.5. The molecule has 0 aromatic carbocycles. The highest BCUT2D eigenvalue weighted by Gasteiger charge is 2.50. The Balaban J connectivity index is 1.81. The van der Waals surface area contributed by atoms with E-state index in [1.807, 2.05) is 6.92 Å². The number of aryl methyl sites for hydroxylation is 1. The van der Waals surface area contributed by atoms with Crippen LogP contribution < -0.4 is 0 Å². The SMILES string of the molecule is CCCn1cc(S(=O)(=O)N2CC[C@@]3(CCCN(C)C3=O)C2)cn1. The molecule has 0 aliphatic carbocycles. The van der Waals surface area contributed by atoms with E-state index >= 15 is 0 Å². The van der Waals surface area contributed by atoms with E-state index < -0.39 is 15.4 Å². The van der Waals surface area contributed by atoms with Gasteiger partial charge in [0.25, 0.3) is 0 Å². The molecule has 23 heavy (non-hydrogen) atoms. The molecule has 3 heterocycles. The number of carbonyl (C=O) groups is 1. The molecule has 1 aromatic rings. The van der Waals surface area contributed by atoms with Gasteiger partial charge in [-0.05, 0) is 25.7 Å². The van der Waals surface area contributed by atoms with Crippen LogP contribution in [0.2, 0.25) is 0 Å². The summed E-state index contributed by atoms with van der Waals surface area (Å²) in [6.45, 7) is 4.17. The molecule has 1 spiro atoms. The highest BCUT2D eigenvalue weighted by Crippen LogP contribution is 2.41. The smallest absolute Gasteiger partial charge is 0.246 e. The number of aromatic nitrogens is 2. The van der Waals surface area contributed by atoms with Gasteiger partial charge in [0.05, 0.1) is 11.6 Å². The van der Waals surface area contributed by atoms with Gasteiger partial charge in [0, 0.05) is 39.4 Å². The lowest BCUT2D eigenvalue weighted by molar-refractivity contribution is -0.143. The maximum absolute atomic E-state index is 12.8. The second-order valence-electron chi connectivity index (χ2n) is 6.64. The third-order valence-corrected chi connectivity index (χ3v) is 6.77. The molecule has 128 valence electrons. The van der Waals surface area contributed by atoms with Crippen LogP contribution in [0.25, 0.3) is 0 Å². The lowest BCUT2D eigenvalue weighted by atomic mass is 9.78. The van der Waals surface area contributed by atoms with Crippen molar-refractivity contribution in [2.75, 3.05) is 26.7 Å². The molecular formula is C15H24N4O3S.